The molecule has 0 aliphatic rings. The van der Waals surface area contributed by atoms with E-state index >= 15 is 0 Å². The molecule has 0 unspecified atom stereocenters. The molecule has 3 heteroatoms. The summed E-state index contributed by atoms with van der Waals surface area (Å²) in [4.78, 5) is 0.551. The Morgan fingerprint density at radius 2 is 2.25 bits per heavy atom. The average Bonchev–Trinajstić information content (AvgIpc) is 2.49. The van der Waals surface area contributed by atoms with E-state index in [9.17, 15) is 4.39 Å². The van der Waals surface area contributed by atoms with Gasteiger partial charge in [-0.05, 0) is 17.5 Å². The normalized spacial score (nSPS) is 10.0. The predicted octanol–water partition coefficient (Wildman–Crippen LogP) is 2.91. The molecule has 0 fully saturated rings. The standard InChI is InChI=1S/C9H4FNS/c10-8-3-1-2-6-4-7(5-11)12-9(6)8/h1-4H. The van der Waals surface area contributed by atoms with Crippen molar-refractivity contribution in [3.05, 3.63) is 35.0 Å². The molecular formula is C9H4FNS. The van der Waals surface area contributed by atoms with Crippen molar-refractivity contribution in [2.24, 2.45) is 0 Å². The van der Waals surface area contributed by atoms with Gasteiger partial charge in [-0.2, -0.15) is 5.26 Å². The molecule has 0 bridgehead atoms. The Balaban J connectivity index is 2.85. The molecule has 58 valence electrons. The maximum atomic E-state index is 13.0. The van der Waals surface area contributed by atoms with Gasteiger partial charge in [-0.15, -0.1) is 11.3 Å². The van der Waals surface area contributed by atoms with E-state index in [2.05, 4.69) is 0 Å². The molecule has 0 saturated heterocycles. The van der Waals surface area contributed by atoms with Gasteiger partial charge >= 0.3 is 0 Å². The molecule has 0 N–H and O–H groups in total. The number of nitriles is 1. The van der Waals surface area contributed by atoms with Gasteiger partial charge in [0.1, 0.15) is 16.8 Å². The van der Waals surface area contributed by atoms with E-state index in [0.717, 1.165) is 5.39 Å². The van der Waals surface area contributed by atoms with E-state index in [1.165, 1.54) is 17.4 Å². The van der Waals surface area contributed by atoms with Crippen LogP contribution in [0.3, 0.4) is 0 Å². The van der Waals surface area contributed by atoms with E-state index in [-0.39, 0.29) is 5.82 Å². The van der Waals surface area contributed by atoms with E-state index in [1.54, 1.807) is 18.2 Å². The quantitative estimate of drug-likeness (QED) is 0.607. The number of hydrogen-bond acceptors (Lipinski definition) is 2. The summed E-state index contributed by atoms with van der Waals surface area (Å²) >= 11 is 1.19. The van der Waals surface area contributed by atoms with Crippen LogP contribution in [0.1, 0.15) is 4.88 Å². The van der Waals surface area contributed by atoms with Gasteiger partial charge in [-0.25, -0.2) is 4.39 Å². The Hall–Kier alpha value is -1.40. The summed E-state index contributed by atoms with van der Waals surface area (Å²) in [6, 6.07) is 8.54. The first kappa shape index (κ1) is 7.26. The van der Waals surface area contributed by atoms with Crippen LogP contribution in [0.5, 0.6) is 0 Å². The Morgan fingerprint density at radius 1 is 1.42 bits per heavy atom. The van der Waals surface area contributed by atoms with Gasteiger partial charge in [0.05, 0.1) is 4.70 Å². The number of fused-ring (bicyclic) bond motifs is 1. The van der Waals surface area contributed by atoms with Crippen molar-refractivity contribution in [2.45, 2.75) is 0 Å². The second-order valence-electron chi connectivity index (χ2n) is 2.38. The smallest absolute Gasteiger partial charge is 0.141 e. The molecule has 1 nitrogen and oxygen atoms in total. The second kappa shape index (κ2) is 2.58. The number of benzene rings is 1. The van der Waals surface area contributed by atoms with Crippen molar-refractivity contribution >= 4 is 21.4 Å². The molecular weight excluding hydrogens is 173 g/mol. The Labute approximate surface area is 72.7 Å². The molecule has 0 radical (unpaired) electrons. The summed E-state index contributed by atoms with van der Waals surface area (Å²) in [5, 5.41) is 9.37. The molecule has 0 amide bonds. The van der Waals surface area contributed by atoms with Crippen LogP contribution in [0.25, 0.3) is 10.1 Å². The number of hydrogen-bond donors (Lipinski definition) is 0. The summed E-state index contributed by atoms with van der Waals surface area (Å²) in [5.41, 5.74) is 0. The lowest BCUT2D eigenvalue weighted by Crippen LogP contribution is -1.69. The summed E-state index contributed by atoms with van der Waals surface area (Å²) < 4.78 is 13.6. The number of halogens is 1. The fraction of sp³-hybridized carbons (Fsp3) is 0. The van der Waals surface area contributed by atoms with Gasteiger partial charge < -0.3 is 0 Å². The van der Waals surface area contributed by atoms with Crippen LogP contribution in [0.4, 0.5) is 4.39 Å². The minimum Gasteiger partial charge on any atom is -0.205 e. The molecule has 2 aromatic rings. The molecule has 0 saturated carbocycles. The summed E-state index contributed by atoms with van der Waals surface area (Å²) in [7, 11) is 0. The lowest BCUT2D eigenvalue weighted by Gasteiger charge is -1.87. The molecule has 1 aromatic carbocycles. The minimum absolute atomic E-state index is 0.251. The van der Waals surface area contributed by atoms with Crippen molar-refractivity contribution < 1.29 is 4.39 Å². The van der Waals surface area contributed by atoms with E-state index in [0.29, 0.717) is 9.58 Å². The fourth-order valence-corrected chi connectivity index (χ4v) is 1.94. The Bertz CT molecular complexity index is 467. The fourth-order valence-electron chi connectivity index (χ4n) is 1.08. The predicted molar refractivity (Wildman–Crippen MR) is 46.5 cm³/mol. The zero-order chi connectivity index (χ0) is 8.55. The van der Waals surface area contributed by atoms with Gasteiger partial charge in [0.2, 0.25) is 0 Å². The summed E-state index contributed by atoms with van der Waals surface area (Å²) in [6.45, 7) is 0. The largest absolute Gasteiger partial charge is 0.205 e. The third-order valence-corrected chi connectivity index (χ3v) is 2.67. The van der Waals surface area contributed by atoms with Crippen molar-refractivity contribution in [3.8, 4) is 6.07 Å². The van der Waals surface area contributed by atoms with Crippen molar-refractivity contribution in [1.29, 1.82) is 5.26 Å². The van der Waals surface area contributed by atoms with Crippen molar-refractivity contribution in [3.63, 3.8) is 0 Å². The SMILES string of the molecule is N#Cc1cc2cccc(F)c2s1. The zero-order valence-electron chi connectivity index (χ0n) is 6.04. The molecule has 2 rings (SSSR count). The van der Waals surface area contributed by atoms with E-state index in [1.807, 2.05) is 6.07 Å². The monoisotopic (exact) mass is 177 g/mol. The Morgan fingerprint density at radius 3 is 2.92 bits per heavy atom. The van der Waals surface area contributed by atoms with Gasteiger partial charge in [-0.3, -0.25) is 0 Å². The zero-order valence-corrected chi connectivity index (χ0v) is 6.86. The first-order valence-electron chi connectivity index (χ1n) is 3.39. The van der Waals surface area contributed by atoms with Gasteiger partial charge in [0.25, 0.3) is 0 Å². The first-order chi connectivity index (χ1) is 5.81. The van der Waals surface area contributed by atoms with Crippen LogP contribution in [-0.2, 0) is 0 Å². The molecule has 0 aliphatic carbocycles. The topological polar surface area (TPSA) is 23.8 Å². The van der Waals surface area contributed by atoms with Gasteiger partial charge in [-0.1, -0.05) is 12.1 Å². The second-order valence-corrected chi connectivity index (χ2v) is 3.43. The lowest BCUT2D eigenvalue weighted by atomic mass is 10.2. The maximum Gasteiger partial charge on any atom is 0.141 e. The average molecular weight is 177 g/mol. The molecule has 1 heterocycles. The highest BCUT2D eigenvalue weighted by Crippen LogP contribution is 2.26. The van der Waals surface area contributed by atoms with Crippen LogP contribution in [0, 0.1) is 17.1 Å². The number of nitrogens with zero attached hydrogens (tertiary/aromatic N) is 1. The summed E-state index contributed by atoms with van der Waals surface area (Å²) in [5.74, 6) is -0.251. The van der Waals surface area contributed by atoms with Gasteiger partial charge in [0.15, 0.2) is 0 Å². The van der Waals surface area contributed by atoms with Crippen LogP contribution in [0.2, 0.25) is 0 Å². The summed E-state index contributed by atoms with van der Waals surface area (Å²) in [6.07, 6.45) is 0. The minimum atomic E-state index is -0.251. The van der Waals surface area contributed by atoms with E-state index < -0.39 is 0 Å². The number of rotatable bonds is 0. The van der Waals surface area contributed by atoms with Crippen LogP contribution in [-0.4, -0.2) is 0 Å². The highest BCUT2D eigenvalue weighted by atomic mass is 32.1. The van der Waals surface area contributed by atoms with Crippen molar-refractivity contribution in [1.82, 2.24) is 0 Å². The lowest BCUT2D eigenvalue weighted by molar-refractivity contribution is 0.642. The third kappa shape index (κ3) is 0.973. The van der Waals surface area contributed by atoms with Crippen LogP contribution < -0.4 is 0 Å². The highest BCUT2D eigenvalue weighted by Gasteiger charge is 2.04. The van der Waals surface area contributed by atoms with Crippen LogP contribution in [0.15, 0.2) is 24.3 Å². The Kier molecular flexibility index (Phi) is 1.56. The van der Waals surface area contributed by atoms with Crippen molar-refractivity contribution in [2.75, 3.05) is 0 Å². The highest BCUT2D eigenvalue weighted by molar-refractivity contribution is 7.19. The van der Waals surface area contributed by atoms with Crippen LogP contribution >= 0.6 is 11.3 Å². The molecule has 0 spiro atoms. The molecule has 0 aliphatic heterocycles. The number of thiophene rings is 1. The third-order valence-electron chi connectivity index (χ3n) is 1.61. The van der Waals surface area contributed by atoms with Gasteiger partial charge in [0, 0.05) is 0 Å². The molecule has 0 atom stereocenters. The first-order valence-corrected chi connectivity index (χ1v) is 4.21. The van der Waals surface area contributed by atoms with E-state index in [4.69, 9.17) is 5.26 Å². The molecule has 12 heavy (non-hydrogen) atoms. The maximum absolute atomic E-state index is 13.0. The molecule has 1 aromatic heterocycles.